The smallest absolute Gasteiger partial charge is 0.220 e. The molecule has 2 saturated heterocycles. The first-order valence-electron chi connectivity index (χ1n) is 6.53. The molecule has 5 heteroatoms. The largest absolute Gasteiger partial charge is 0.354 e. The van der Waals surface area contributed by atoms with Crippen molar-refractivity contribution in [1.82, 2.24) is 16.0 Å². The van der Waals surface area contributed by atoms with Gasteiger partial charge < -0.3 is 16.0 Å². The van der Waals surface area contributed by atoms with Crippen LogP contribution in [0, 0.1) is 0 Å². The fourth-order valence-corrected chi connectivity index (χ4v) is 2.46. The second-order valence-corrected chi connectivity index (χ2v) is 4.94. The number of piperidine rings is 1. The molecule has 2 aliphatic heterocycles. The zero-order chi connectivity index (χ0) is 12.1. The fourth-order valence-electron chi connectivity index (χ4n) is 2.46. The molecule has 0 radical (unpaired) electrons. The molecule has 0 aromatic carbocycles. The van der Waals surface area contributed by atoms with Crippen molar-refractivity contribution in [2.75, 3.05) is 13.1 Å². The summed E-state index contributed by atoms with van der Waals surface area (Å²) in [5, 5.41) is 9.13. The molecule has 0 aliphatic carbocycles. The van der Waals surface area contributed by atoms with E-state index in [9.17, 15) is 9.59 Å². The number of nitrogens with one attached hydrogen (secondary N) is 3. The van der Waals surface area contributed by atoms with Gasteiger partial charge in [-0.3, -0.25) is 9.59 Å². The molecule has 17 heavy (non-hydrogen) atoms. The molecule has 0 spiro atoms. The third kappa shape index (κ3) is 4.00. The Morgan fingerprint density at radius 1 is 1.41 bits per heavy atom. The average Bonchev–Trinajstić information content (AvgIpc) is 2.83. The minimum Gasteiger partial charge on any atom is -0.354 e. The van der Waals surface area contributed by atoms with Crippen LogP contribution in [0.25, 0.3) is 0 Å². The van der Waals surface area contributed by atoms with Gasteiger partial charge in [-0.05, 0) is 32.2 Å². The Hall–Kier alpha value is -1.10. The highest BCUT2D eigenvalue weighted by Crippen LogP contribution is 2.11. The lowest BCUT2D eigenvalue weighted by Crippen LogP contribution is -2.47. The maximum Gasteiger partial charge on any atom is 0.220 e. The van der Waals surface area contributed by atoms with Crippen molar-refractivity contribution in [2.45, 2.75) is 50.6 Å². The van der Waals surface area contributed by atoms with Crippen LogP contribution in [0.5, 0.6) is 0 Å². The second-order valence-electron chi connectivity index (χ2n) is 4.94. The van der Waals surface area contributed by atoms with Crippen molar-refractivity contribution in [2.24, 2.45) is 0 Å². The molecule has 3 N–H and O–H groups in total. The van der Waals surface area contributed by atoms with Crippen molar-refractivity contribution < 1.29 is 9.59 Å². The molecule has 2 heterocycles. The van der Waals surface area contributed by atoms with Crippen LogP contribution in [0.2, 0.25) is 0 Å². The minimum atomic E-state index is 0.0886. The summed E-state index contributed by atoms with van der Waals surface area (Å²) in [7, 11) is 0. The van der Waals surface area contributed by atoms with Crippen molar-refractivity contribution in [3.8, 4) is 0 Å². The summed E-state index contributed by atoms with van der Waals surface area (Å²) in [6.45, 7) is 1.66. The summed E-state index contributed by atoms with van der Waals surface area (Å²) in [4.78, 5) is 22.7. The van der Waals surface area contributed by atoms with Crippen molar-refractivity contribution in [3.05, 3.63) is 0 Å². The van der Waals surface area contributed by atoms with E-state index >= 15 is 0 Å². The summed E-state index contributed by atoms with van der Waals surface area (Å²) < 4.78 is 0. The number of hydrogen-bond donors (Lipinski definition) is 3. The highest BCUT2D eigenvalue weighted by Gasteiger charge is 2.20. The van der Waals surface area contributed by atoms with Crippen LogP contribution in [0.15, 0.2) is 0 Å². The van der Waals surface area contributed by atoms with E-state index in [1.54, 1.807) is 0 Å². The van der Waals surface area contributed by atoms with Gasteiger partial charge in [0.05, 0.1) is 0 Å². The maximum atomic E-state index is 11.7. The number of amides is 2. The van der Waals surface area contributed by atoms with Gasteiger partial charge in [0.2, 0.25) is 11.8 Å². The van der Waals surface area contributed by atoms with E-state index in [1.807, 2.05) is 0 Å². The Morgan fingerprint density at radius 2 is 2.29 bits per heavy atom. The number of hydrogen-bond acceptors (Lipinski definition) is 3. The predicted octanol–water partition coefficient (Wildman–Crippen LogP) is -0.0866. The lowest BCUT2D eigenvalue weighted by Gasteiger charge is -2.23. The summed E-state index contributed by atoms with van der Waals surface area (Å²) >= 11 is 0. The standard InChI is InChI=1S/C12H21N3O2/c16-11-5-4-10(8-14-11)15-12(17)6-3-9-2-1-7-13-9/h9-10,13H,1-8H2,(H,14,16)(H,15,17). The van der Waals surface area contributed by atoms with Gasteiger partial charge in [-0.15, -0.1) is 0 Å². The Morgan fingerprint density at radius 3 is 2.94 bits per heavy atom. The van der Waals surface area contributed by atoms with Gasteiger partial charge in [-0.2, -0.15) is 0 Å². The highest BCUT2D eigenvalue weighted by molar-refractivity contribution is 5.78. The summed E-state index contributed by atoms with van der Waals surface area (Å²) in [6.07, 6.45) is 5.20. The van der Waals surface area contributed by atoms with Crippen LogP contribution in [0.4, 0.5) is 0 Å². The molecule has 0 aromatic rings. The summed E-state index contributed by atoms with van der Waals surface area (Å²) in [5.41, 5.74) is 0. The van der Waals surface area contributed by atoms with Gasteiger partial charge in [0, 0.05) is 31.5 Å². The third-order valence-electron chi connectivity index (χ3n) is 3.51. The van der Waals surface area contributed by atoms with Crippen LogP contribution in [-0.2, 0) is 9.59 Å². The first-order valence-corrected chi connectivity index (χ1v) is 6.53. The third-order valence-corrected chi connectivity index (χ3v) is 3.51. The molecule has 2 rings (SSSR count). The Balaban J connectivity index is 1.61. The van der Waals surface area contributed by atoms with E-state index in [1.165, 1.54) is 12.8 Å². The lowest BCUT2D eigenvalue weighted by atomic mass is 10.1. The van der Waals surface area contributed by atoms with Gasteiger partial charge in [0.1, 0.15) is 0 Å². The van der Waals surface area contributed by atoms with Gasteiger partial charge >= 0.3 is 0 Å². The van der Waals surface area contributed by atoms with E-state index in [0.717, 1.165) is 19.4 Å². The number of carbonyl (C=O) groups is 2. The van der Waals surface area contributed by atoms with E-state index < -0.39 is 0 Å². The lowest BCUT2D eigenvalue weighted by molar-refractivity contribution is -0.125. The van der Waals surface area contributed by atoms with Crippen LogP contribution >= 0.6 is 0 Å². The fraction of sp³-hybridized carbons (Fsp3) is 0.833. The quantitative estimate of drug-likeness (QED) is 0.642. The summed E-state index contributed by atoms with van der Waals surface area (Å²) in [6, 6.07) is 0.642. The molecule has 0 aromatic heterocycles. The molecule has 0 saturated carbocycles. The van der Waals surface area contributed by atoms with E-state index in [4.69, 9.17) is 0 Å². The zero-order valence-corrected chi connectivity index (χ0v) is 10.1. The molecule has 96 valence electrons. The van der Waals surface area contributed by atoms with Crippen LogP contribution < -0.4 is 16.0 Å². The monoisotopic (exact) mass is 239 g/mol. The Labute approximate surface area is 102 Å². The molecular formula is C12H21N3O2. The number of carbonyl (C=O) groups excluding carboxylic acids is 2. The van der Waals surface area contributed by atoms with Crippen molar-refractivity contribution >= 4 is 11.8 Å². The van der Waals surface area contributed by atoms with Crippen LogP contribution in [0.1, 0.15) is 38.5 Å². The molecule has 5 nitrogen and oxygen atoms in total. The average molecular weight is 239 g/mol. The van der Waals surface area contributed by atoms with Crippen molar-refractivity contribution in [1.29, 1.82) is 0 Å². The molecule has 2 unspecified atom stereocenters. The molecule has 2 atom stereocenters. The predicted molar refractivity (Wildman–Crippen MR) is 64.4 cm³/mol. The van der Waals surface area contributed by atoms with E-state index in [2.05, 4.69) is 16.0 Å². The normalized spacial score (nSPS) is 28.8. The maximum absolute atomic E-state index is 11.7. The Kier molecular flexibility index (Phi) is 4.36. The second kappa shape index (κ2) is 6.00. The van der Waals surface area contributed by atoms with E-state index in [-0.39, 0.29) is 17.9 Å². The molecule has 2 fully saturated rings. The first-order chi connectivity index (χ1) is 8.24. The SMILES string of the molecule is O=C1CCC(NC(=O)CCC2CCCN2)CN1. The first kappa shape index (κ1) is 12.4. The van der Waals surface area contributed by atoms with Gasteiger partial charge in [0.25, 0.3) is 0 Å². The minimum absolute atomic E-state index is 0.0886. The topological polar surface area (TPSA) is 70.2 Å². The number of rotatable bonds is 4. The molecule has 2 amide bonds. The van der Waals surface area contributed by atoms with E-state index in [0.29, 0.717) is 25.4 Å². The molecule has 2 aliphatic rings. The zero-order valence-electron chi connectivity index (χ0n) is 10.1. The highest BCUT2D eigenvalue weighted by atomic mass is 16.2. The molecular weight excluding hydrogens is 218 g/mol. The van der Waals surface area contributed by atoms with Gasteiger partial charge in [0.15, 0.2) is 0 Å². The van der Waals surface area contributed by atoms with Crippen LogP contribution in [-0.4, -0.2) is 37.0 Å². The Bertz CT molecular complexity index is 277. The molecule has 0 bridgehead atoms. The summed E-state index contributed by atoms with van der Waals surface area (Å²) in [5.74, 6) is 0.200. The van der Waals surface area contributed by atoms with Crippen LogP contribution in [0.3, 0.4) is 0 Å². The van der Waals surface area contributed by atoms with Crippen molar-refractivity contribution in [3.63, 3.8) is 0 Å². The van der Waals surface area contributed by atoms with Gasteiger partial charge in [-0.1, -0.05) is 0 Å². The van der Waals surface area contributed by atoms with Gasteiger partial charge in [-0.25, -0.2) is 0 Å².